The van der Waals surface area contributed by atoms with Crippen LogP contribution < -0.4 is 5.32 Å². The summed E-state index contributed by atoms with van der Waals surface area (Å²) in [5, 5.41) is 3.50. The largest absolute Gasteiger partial charge is 0.323 e. The van der Waals surface area contributed by atoms with E-state index in [2.05, 4.69) is 5.32 Å². The third-order valence-electron chi connectivity index (χ3n) is 5.16. The van der Waals surface area contributed by atoms with Crippen LogP contribution in [-0.2, 0) is 4.79 Å². The SMILES string of the molecule is Cc1cc2c(cc1C)N=C(c1ccc(F)cc1)CC(SCC(=O)Nc1ccc(Cl)cc1F)=N2. The van der Waals surface area contributed by atoms with E-state index in [1.54, 1.807) is 12.1 Å². The van der Waals surface area contributed by atoms with Gasteiger partial charge >= 0.3 is 0 Å². The van der Waals surface area contributed by atoms with E-state index < -0.39 is 5.82 Å². The highest BCUT2D eigenvalue weighted by Crippen LogP contribution is 2.36. The summed E-state index contributed by atoms with van der Waals surface area (Å²) in [4.78, 5) is 22.0. The minimum absolute atomic E-state index is 0.0395. The maximum Gasteiger partial charge on any atom is 0.234 e. The highest BCUT2D eigenvalue weighted by Gasteiger charge is 2.18. The van der Waals surface area contributed by atoms with Gasteiger partial charge in [0.2, 0.25) is 5.91 Å². The van der Waals surface area contributed by atoms with Crippen molar-refractivity contribution in [3.63, 3.8) is 0 Å². The van der Waals surface area contributed by atoms with Gasteiger partial charge in [0.25, 0.3) is 0 Å². The van der Waals surface area contributed by atoms with E-state index in [9.17, 15) is 13.6 Å². The molecule has 0 saturated carbocycles. The number of nitrogens with one attached hydrogen (secondary N) is 1. The number of aryl methyl sites for hydroxylation is 2. The molecule has 0 atom stereocenters. The van der Waals surface area contributed by atoms with Crippen molar-refractivity contribution in [2.75, 3.05) is 11.1 Å². The summed E-state index contributed by atoms with van der Waals surface area (Å²) in [6.45, 7) is 4.01. The predicted octanol–water partition coefficient (Wildman–Crippen LogP) is 7.16. The maximum absolute atomic E-state index is 14.0. The number of aliphatic imine (C=N–C) groups is 2. The Bertz CT molecular complexity index is 1290. The molecule has 0 aliphatic carbocycles. The first-order chi connectivity index (χ1) is 15.8. The van der Waals surface area contributed by atoms with Crippen molar-refractivity contribution >= 4 is 57.1 Å². The Morgan fingerprint density at radius 3 is 2.33 bits per heavy atom. The average Bonchev–Trinajstić information content (AvgIpc) is 2.94. The van der Waals surface area contributed by atoms with Crippen LogP contribution in [0.25, 0.3) is 0 Å². The van der Waals surface area contributed by atoms with Gasteiger partial charge in [-0.05, 0) is 73.0 Å². The van der Waals surface area contributed by atoms with Crippen LogP contribution in [-0.4, -0.2) is 22.4 Å². The van der Waals surface area contributed by atoms with Gasteiger partial charge in [-0.1, -0.05) is 23.7 Å². The summed E-state index contributed by atoms with van der Waals surface area (Å²) in [5.41, 5.74) is 5.18. The second kappa shape index (κ2) is 9.85. The van der Waals surface area contributed by atoms with Crippen LogP contribution in [0.15, 0.2) is 64.6 Å². The Balaban J connectivity index is 1.58. The molecule has 1 heterocycles. The molecule has 1 aliphatic rings. The Morgan fingerprint density at radius 2 is 1.67 bits per heavy atom. The molecule has 0 aromatic heterocycles. The number of hydrogen-bond donors (Lipinski definition) is 1. The first-order valence-corrected chi connectivity index (χ1v) is 11.5. The number of halogens is 3. The van der Waals surface area contributed by atoms with Crippen molar-refractivity contribution in [2.45, 2.75) is 20.3 Å². The van der Waals surface area contributed by atoms with Crippen LogP contribution in [0.4, 0.5) is 25.8 Å². The summed E-state index contributed by atoms with van der Waals surface area (Å²) in [7, 11) is 0. The fourth-order valence-electron chi connectivity index (χ4n) is 3.29. The zero-order chi connectivity index (χ0) is 23.5. The summed E-state index contributed by atoms with van der Waals surface area (Å²) in [5.74, 6) is -1.25. The Labute approximate surface area is 199 Å². The van der Waals surface area contributed by atoms with E-state index in [0.717, 1.165) is 34.2 Å². The molecule has 0 fully saturated rings. The van der Waals surface area contributed by atoms with Crippen LogP contribution in [0.5, 0.6) is 0 Å². The molecule has 0 unspecified atom stereocenters. The molecule has 168 valence electrons. The molecule has 4 nitrogen and oxygen atoms in total. The van der Waals surface area contributed by atoms with Gasteiger partial charge in [-0.25, -0.2) is 13.8 Å². The number of amides is 1. The number of nitrogens with zero attached hydrogens (tertiary/aromatic N) is 2. The van der Waals surface area contributed by atoms with Crippen molar-refractivity contribution in [3.8, 4) is 0 Å². The molecule has 0 bridgehead atoms. The first-order valence-electron chi connectivity index (χ1n) is 10.2. The van der Waals surface area contributed by atoms with E-state index in [4.69, 9.17) is 21.6 Å². The topological polar surface area (TPSA) is 53.8 Å². The van der Waals surface area contributed by atoms with Crippen molar-refractivity contribution in [1.82, 2.24) is 0 Å². The smallest absolute Gasteiger partial charge is 0.234 e. The molecular formula is C25H20ClF2N3OS. The summed E-state index contributed by atoms with van der Waals surface area (Å²) in [6.07, 6.45) is 0.381. The van der Waals surface area contributed by atoms with Gasteiger partial charge in [-0.15, -0.1) is 11.8 Å². The van der Waals surface area contributed by atoms with E-state index >= 15 is 0 Å². The van der Waals surface area contributed by atoms with Gasteiger partial charge in [0, 0.05) is 11.4 Å². The summed E-state index contributed by atoms with van der Waals surface area (Å²) < 4.78 is 27.4. The molecule has 33 heavy (non-hydrogen) atoms. The van der Waals surface area contributed by atoms with E-state index in [-0.39, 0.29) is 28.2 Å². The molecule has 4 rings (SSSR count). The number of hydrogen-bond acceptors (Lipinski definition) is 4. The highest BCUT2D eigenvalue weighted by molar-refractivity contribution is 8.14. The Morgan fingerprint density at radius 1 is 1.00 bits per heavy atom. The molecule has 1 aliphatic heterocycles. The van der Waals surface area contributed by atoms with Gasteiger partial charge in [0.1, 0.15) is 11.6 Å². The molecule has 0 saturated heterocycles. The molecule has 3 aromatic carbocycles. The summed E-state index contributed by atoms with van der Waals surface area (Å²) in [6, 6.07) is 14.2. The molecular weight excluding hydrogens is 464 g/mol. The van der Waals surface area contributed by atoms with Crippen molar-refractivity contribution < 1.29 is 13.6 Å². The number of fused-ring (bicyclic) bond motifs is 1. The normalized spacial score (nSPS) is 13.0. The monoisotopic (exact) mass is 483 g/mol. The third kappa shape index (κ3) is 5.67. The van der Waals surface area contributed by atoms with Crippen LogP contribution >= 0.6 is 23.4 Å². The molecule has 8 heteroatoms. The number of benzene rings is 3. The molecule has 1 N–H and O–H groups in total. The second-order valence-corrected chi connectivity index (χ2v) is 9.12. The van der Waals surface area contributed by atoms with E-state index in [0.29, 0.717) is 17.2 Å². The zero-order valence-electron chi connectivity index (χ0n) is 18.0. The summed E-state index contributed by atoms with van der Waals surface area (Å²) >= 11 is 7.02. The number of thioether (sulfide) groups is 1. The number of rotatable bonds is 4. The number of carbonyl (C=O) groups is 1. The molecule has 1 amide bonds. The number of anilines is 1. The van der Waals surface area contributed by atoms with Crippen LogP contribution in [0.2, 0.25) is 5.02 Å². The van der Waals surface area contributed by atoms with E-state index in [1.807, 2.05) is 26.0 Å². The number of carbonyl (C=O) groups excluding carboxylic acids is 1. The second-order valence-electron chi connectivity index (χ2n) is 7.63. The maximum atomic E-state index is 14.0. The van der Waals surface area contributed by atoms with Crippen LogP contribution in [0.3, 0.4) is 0 Å². The van der Waals surface area contributed by atoms with Crippen molar-refractivity contribution in [3.05, 3.63) is 87.9 Å². The fraction of sp³-hybridized carbons (Fsp3) is 0.160. The molecule has 0 spiro atoms. The molecule has 0 radical (unpaired) electrons. The Kier molecular flexibility index (Phi) is 6.91. The quantitative estimate of drug-likeness (QED) is 0.428. The van der Waals surface area contributed by atoms with Gasteiger partial charge in [0.05, 0.1) is 33.6 Å². The lowest BCUT2D eigenvalue weighted by atomic mass is 10.1. The lowest BCUT2D eigenvalue weighted by Crippen LogP contribution is -2.17. The van der Waals surface area contributed by atoms with Gasteiger partial charge in [-0.2, -0.15) is 0 Å². The predicted molar refractivity (Wildman–Crippen MR) is 133 cm³/mol. The standard InChI is InChI=1S/C25H20ClF2N3OS/c1-14-9-22-23(10-15(14)2)31-25(12-21(29-22)16-3-6-18(27)7-4-16)33-13-24(32)30-20-8-5-17(26)11-19(20)28/h3-11H,12-13H2,1-2H3,(H,30,32). The molecule has 3 aromatic rings. The Hall–Kier alpha value is -3.03. The van der Waals surface area contributed by atoms with Gasteiger partial charge in [0.15, 0.2) is 0 Å². The van der Waals surface area contributed by atoms with Gasteiger partial charge in [-0.3, -0.25) is 9.79 Å². The van der Waals surface area contributed by atoms with Crippen molar-refractivity contribution in [1.29, 1.82) is 0 Å². The highest BCUT2D eigenvalue weighted by atomic mass is 35.5. The zero-order valence-corrected chi connectivity index (χ0v) is 19.5. The van der Waals surface area contributed by atoms with E-state index in [1.165, 1.54) is 36.0 Å². The van der Waals surface area contributed by atoms with Gasteiger partial charge < -0.3 is 5.32 Å². The minimum atomic E-state index is -0.599. The van der Waals surface area contributed by atoms with Crippen molar-refractivity contribution in [2.24, 2.45) is 9.98 Å². The lowest BCUT2D eigenvalue weighted by Gasteiger charge is -2.09. The van der Waals surface area contributed by atoms with Crippen LogP contribution in [0, 0.1) is 25.5 Å². The average molecular weight is 484 g/mol. The third-order valence-corrected chi connectivity index (χ3v) is 6.37. The van der Waals surface area contributed by atoms with Crippen LogP contribution in [0.1, 0.15) is 23.1 Å². The first kappa shape index (κ1) is 23.1. The fourth-order valence-corrected chi connectivity index (χ4v) is 4.22. The minimum Gasteiger partial charge on any atom is -0.323 e. The lowest BCUT2D eigenvalue weighted by molar-refractivity contribution is -0.113.